The Morgan fingerprint density at radius 2 is 0.962 bits per heavy atom. The highest BCUT2D eigenvalue weighted by atomic mass is 16.6. The van der Waals surface area contributed by atoms with Crippen LogP contribution in [0.25, 0.3) is 0 Å². The molecule has 3 aliphatic rings. The van der Waals surface area contributed by atoms with Crippen molar-refractivity contribution in [2.24, 2.45) is 5.92 Å². The summed E-state index contributed by atoms with van der Waals surface area (Å²) in [6.45, 7) is 9.22. The smallest absolute Gasteiger partial charge is 0.338 e. The zero-order valence-electron chi connectivity index (χ0n) is 33.5. The Hall–Kier alpha value is -2.62. The lowest BCUT2D eigenvalue weighted by Crippen LogP contribution is -2.34. The molecule has 0 heterocycles. The number of ether oxygens (including phenoxy) is 2. The van der Waals surface area contributed by atoms with E-state index in [2.05, 4.69) is 64.1 Å². The van der Waals surface area contributed by atoms with E-state index in [4.69, 9.17) is 9.47 Å². The predicted octanol–water partition coefficient (Wildman–Crippen LogP) is 14.1. The van der Waals surface area contributed by atoms with Gasteiger partial charge < -0.3 is 9.47 Å². The Morgan fingerprint density at radius 3 is 1.38 bits per heavy atom. The largest absolute Gasteiger partial charge is 0.458 e. The Labute approximate surface area is 317 Å². The molecular formula is C48H72O4. The molecule has 0 bridgehead atoms. The van der Waals surface area contributed by atoms with Crippen molar-refractivity contribution in [3.8, 4) is 0 Å². The van der Waals surface area contributed by atoms with Crippen LogP contribution in [0.1, 0.15) is 242 Å². The number of hydrogen-bond acceptors (Lipinski definition) is 4. The van der Waals surface area contributed by atoms with Gasteiger partial charge in [-0.05, 0) is 128 Å². The standard InChI is InChI=1S/C48H72O4/c1-5-18-35(19-6-2)40-28-30-42(44(32-40)37-22-12-9-13-23-37)47(49)51-34-46(39-26-16-11-17-27-39)52-48(50)43-31-29-41(36(20-7-3)21-8-4)33-45(43)38-24-14-10-15-25-38/h28-33,35-39,46H,5-27,34H2,1-4H3. The van der Waals surface area contributed by atoms with Crippen LogP contribution in [0.2, 0.25) is 0 Å². The molecule has 1 unspecified atom stereocenters. The van der Waals surface area contributed by atoms with E-state index < -0.39 is 6.10 Å². The van der Waals surface area contributed by atoms with E-state index in [1.807, 2.05) is 0 Å². The normalized spacial score (nSPS) is 18.5. The third-order valence-corrected chi connectivity index (χ3v) is 13.0. The summed E-state index contributed by atoms with van der Waals surface area (Å²) < 4.78 is 12.8. The van der Waals surface area contributed by atoms with Crippen LogP contribution in [0, 0.1) is 5.92 Å². The van der Waals surface area contributed by atoms with Gasteiger partial charge in [0.25, 0.3) is 0 Å². The van der Waals surface area contributed by atoms with E-state index in [0.29, 0.717) is 23.7 Å². The predicted molar refractivity (Wildman–Crippen MR) is 216 cm³/mol. The molecule has 288 valence electrons. The summed E-state index contributed by atoms with van der Waals surface area (Å²) in [7, 11) is 0. The van der Waals surface area contributed by atoms with E-state index in [0.717, 1.165) is 62.5 Å². The Balaban J connectivity index is 1.38. The maximum atomic E-state index is 14.3. The van der Waals surface area contributed by atoms with Gasteiger partial charge in [-0.1, -0.05) is 135 Å². The molecule has 2 aromatic carbocycles. The topological polar surface area (TPSA) is 52.6 Å². The van der Waals surface area contributed by atoms with Crippen molar-refractivity contribution in [3.63, 3.8) is 0 Å². The monoisotopic (exact) mass is 713 g/mol. The Morgan fingerprint density at radius 1 is 0.558 bits per heavy atom. The molecule has 0 aromatic heterocycles. The van der Waals surface area contributed by atoms with Crippen LogP contribution in [0.15, 0.2) is 36.4 Å². The first kappa shape index (κ1) is 40.6. The van der Waals surface area contributed by atoms with Gasteiger partial charge in [0.2, 0.25) is 0 Å². The first-order valence-corrected chi connectivity index (χ1v) is 22.1. The molecule has 3 aliphatic carbocycles. The van der Waals surface area contributed by atoms with Crippen molar-refractivity contribution in [1.82, 2.24) is 0 Å². The van der Waals surface area contributed by atoms with E-state index >= 15 is 0 Å². The van der Waals surface area contributed by atoms with Crippen LogP contribution in [-0.2, 0) is 9.47 Å². The van der Waals surface area contributed by atoms with Gasteiger partial charge in [-0.15, -0.1) is 0 Å². The molecule has 0 amide bonds. The fourth-order valence-corrected chi connectivity index (χ4v) is 10.1. The van der Waals surface area contributed by atoms with Gasteiger partial charge in [0.1, 0.15) is 12.7 Å². The summed E-state index contributed by atoms with van der Waals surface area (Å²) in [4.78, 5) is 28.4. The number of carbonyl (C=O) groups is 2. The maximum Gasteiger partial charge on any atom is 0.338 e. The lowest BCUT2D eigenvalue weighted by molar-refractivity contribution is -0.0248. The second-order valence-electron chi connectivity index (χ2n) is 16.9. The molecular weight excluding hydrogens is 641 g/mol. The van der Waals surface area contributed by atoms with Gasteiger partial charge in [-0.3, -0.25) is 0 Å². The number of rotatable bonds is 18. The fraction of sp³-hybridized carbons (Fsp3) is 0.708. The molecule has 3 saturated carbocycles. The maximum absolute atomic E-state index is 14.3. The van der Waals surface area contributed by atoms with Gasteiger partial charge in [-0.25, -0.2) is 9.59 Å². The highest BCUT2D eigenvalue weighted by molar-refractivity contribution is 5.92. The fourth-order valence-electron chi connectivity index (χ4n) is 10.1. The average Bonchev–Trinajstić information content (AvgIpc) is 3.19. The molecule has 3 fully saturated rings. The number of benzene rings is 2. The van der Waals surface area contributed by atoms with Crippen LogP contribution in [0.4, 0.5) is 0 Å². The highest BCUT2D eigenvalue weighted by Crippen LogP contribution is 2.40. The van der Waals surface area contributed by atoms with Crippen molar-refractivity contribution >= 4 is 11.9 Å². The minimum Gasteiger partial charge on any atom is -0.458 e. The molecule has 0 aliphatic heterocycles. The summed E-state index contributed by atoms with van der Waals surface area (Å²) in [5.41, 5.74) is 6.60. The molecule has 4 nitrogen and oxygen atoms in total. The quantitative estimate of drug-likeness (QED) is 0.144. The Kier molecular flexibility index (Phi) is 16.6. The van der Waals surface area contributed by atoms with Crippen molar-refractivity contribution in [2.75, 3.05) is 6.61 Å². The third-order valence-electron chi connectivity index (χ3n) is 13.0. The summed E-state index contributed by atoms with van der Waals surface area (Å²) in [5.74, 6) is 1.61. The van der Waals surface area contributed by atoms with E-state index in [1.165, 1.54) is 119 Å². The van der Waals surface area contributed by atoms with Gasteiger partial charge >= 0.3 is 11.9 Å². The van der Waals surface area contributed by atoms with Crippen LogP contribution >= 0.6 is 0 Å². The molecule has 0 spiro atoms. The van der Waals surface area contributed by atoms with Crippen molar-refractivity contribution in [3.05, 3.63) is 69.8 Å². The molecule has 5 rings (SSSR count). The molecule has 0 radical (unpaired) electrons. The summed E-state index contributed by atoms with van der Waals surface area (Å²) in [6, 6.07) is 13.3. The summed E-state index contributed by atoms with van der Waals surface area (Å²) in [6.07, 6.45) is 26.5. The van der Waals surface area contributed by atoms with Gasteiger partial charge in [0.15, 0.2) is 0 Å². The molecule has 4 heteroatoms. The van der Waals surface area contributed by atoms with Crippen LogP contribution in [0.3, 0.4) is 0 Å². The molecule has 1 atom stereocenters. The van der Waals surface area contributed by atoms with E-state index in [9.17, 15) is 9.59 Å². The molecule has 0 saturated heterocycles. The number of carbonyl (C=O) groups excluding carboxylic acids is 2. The SMILES string of the molecule is CCCC(CCC)c1ccc(C(=O)OCC(OC(=O)c2ccc(C(CCC)CCC)cc2C2CCCCC2)C2CCCCC2)c(C2CCCCC2)c1. The second-order valence-corrected chi connectivity index (χ2v) is 16.9. The summed E-state index contributed by atoms with van der Waals surface area (Å²) >= 11 is 0. The molecule has 0 N–H and O–H groups in total. The average molecular weight is 713 g/mol. The second kappa shape index (κ2) is 21.3. The van der Waals surface area contributed by atoms with E-state index in [-0.39, 0.29) is 24.5 Å². The highest BCUT2D eigenvalue weighted by Gasteiger charge is 2.32. The van der Waals surface area contributed by atoms with Crippen molar-refractivity contribution in [1.29, 1.82) is 0 Å². The molecule has 2 aromatic rings. The van der Waals surface area contributed by atoms with Gasteiger partial charge in [-0.2, -0.15) is 0 Å². The lowest BCUT2D eigenvalue weighted by atomic mass is 9.79. The summed E-state index contributed by atoms with van der Waals surface area (Å²) in [5, 5.41) is 0. The number of hydrogen-bond donors (Lipinski definition) is 0. The Bertz CT molecular complexity index is 1360. The van der Waals surface area contributed by atoms with Crippen molar-refractivity contribution < 1.29 is 19.1 Å². The molecule has 52 heavy (non-hydrogen) atoms. The zero-order valence-corrected chi connectivity index (χ0v) is 33.5. The van der Waals surface area contributed by atoms with Crippen LogP contribution < -0.4 is 0 Å². The van der Waals surface area contributed by atoms with E-state index in [1.54, 1.807) is 0 Å². The first-order valence-electron chi connectivity index (χ1n) is 22.1. The zero-order chi connectivity index (χ0) is 36.7. The minimum atomic E-state index is -0.431. The van der Waals surface area contributed by atoms with Crippen LogP contribution in [0.5, 0.6) is 0 Å². The van der Waals surface area contributed by atoms with Crippen molar-refractivity contribution in [2.45, 2.75) is 205 Å². The van der Waals surface area contributed by atoms with Gasteiger partial charge in [0, 0.05) is 0 Å². The van der Waals surface area contributed by atoms with Crippen LogP contribution in [-0.4, -0.2) is 24.6 Å². The number of esters is 2. The minimum absolute atomic E-state index is 0.126. The first-order chi connectivity index (χ1) is 25.5. The lowest BCUT2D eigenvalue weighted by Gasteiger charge is -2.31. The third kappa shape index (κ3) is 11.0. The van der Waals surface area contributed by atoms with Gasteiger partial charge in [0.05, 0.1) is 11.1 Å².